The first kappa shape index (κ1) is 14.1. The standard InChI is InChI=1S/C15H20N4O/c1-3-9-20-15-13(16)14(17-10-18-15)19-11(2)12-7-5-4-6-8-12/h4-8,10-11H,3,9,16H2,1-2H3,(H,17,18,19). The van der Waals surface area contributed by atoms with Crippen molar-refractivity contribution in [3.8, 4) is 5.88 Å². The summed E-state index contributed by atoms with van der Waals surface area (Å²) in [5.74, 6) is 1.03. The first-order valence-electron chi connectivity index (χ1n) is 6.77. The summed E-state index contributed by atoms with van der Waals surface area (Å²) < 4.78 is 5.50. The molecular formula is C15H20N4O. The lowest BCUT2D eigenvalue weighted by Gasteiger charge is -2.17. The summed E-state index contributed by atoms with van der Waals surface area (Å²) in [4.78, 5) is 8.24. The number of nitrogens with one attached hydrogen (secondary N) is 1. The highest BCUT2D eigenvalue weighted by molar-refractivity contribution is 5.66. The van der Waals surface area contributed by atoms with Crippen LogP contribution in [0.3, 0.4) is 0 Å². The third-order valence-corrected chi connectivity index (χ3v) is 2.94. The molecule has 0 amide bonds. The molecule has 0 saturated carbocycles. The zero-order chi connectivity index (χ0) is 14.4. The highest BCUT2D eigenvalue weighted by Crippen LogP contribution is 2.27. The Hall–Kier alpha value is -2.30. The van der Waals surface area contributed by atoms with E-state index in [1.807, 2.05) is 25.1 Å². The predicted molar refractivity (Wildman–Crippen MR) is 80.7 cm³/mol. The van der Waals surface area contributed by atoms with E-state index in [9.17, 15) is 0 Å². The molecule has 1 heterocycles. The SMILES string of the molecule is CCCOc1ncnc(NC(C)c2ccccc2)c1N. The second-order valence-corrected chi connectivity index (χ2v) is 4.57. The van der Waals surface area contributed by atoms with E-state index in [4.69, 9.17) is 10.5 Å². The average Bonchev–Trinajstić information content (AvgIpc) is 2.49. The summed E-state index contributed by atoms with van der Waals surface area (Å²) >= 11 is 0. The lowest BCUT2D eigenvalue weighted by molar-refractivity contribution is 0.306. The van der Waals surface area contributed by atoms with E-state index in [1.165, 1.54) is 11.9 Å². The molecule has 0 fully saturated rings. The van der Waals surface area contributed by atoms with E-state index >= 15 is 0 Å². The van der Waals surface area contributed by atoms with Crippen molar-refractivity contribution in [3.63, 3.8) is 0 Å². The molecule has 0 aliphatic heterocycles. The summed E-state index contributed by atoms with van der Waals surface area (Å²) in [5.41, 5.74) is 7.65. The average molecular weight is 272 g/mol. The quantitative estimate of drug-likeness (QED) is 0.845. The van der Waals surface area contributed by atoms with Gasteiger partial charge in [-0.3, -0.25) is 0 Å². The maximum Gasteiger partial charge on any atom is 0.242 e. The molecule has 0 bridgehead atoms. The first-order chi connectivity index (χ1) is 9.72. The molecule has 5 nitrogen and oxygen atoms in total. The molecule has 3 N–H and O–H groups in total. The third kappa shape index (κ3) is 3.38. The van der Waals surface area contributed by atoms with E-state index in [-0.39, 0.29) is 6.04 Å². The highest BCUT2D eigenvalue weighted by Gasteiger charge is 2.12. The fraction of sp³-hybridized carbons (Fsp3) is 0.333. The van der Waals surface area contributed by atoms with Gasteiger partial charge in [0.25, 0.3) is 0 Å². The molecular weight excluding hydrogens is 252 g/mol. The third-order valence-electron chi connectivity index (χ3n) is 2.94. The minimum Gasteiger partial charge on any atom is -0.476 e. The lowest BCUT2D eigenvalue weighted by Crippen LogP contribution is -2.11. The van der Waals surface area contributed by atoms with Crippen LogP contribution in [0.4, 0.5) is 11.5 Å². The van der Waals surface area contributed by atoms with E-state index < -0.39 is 0 Å². The summed E-state index contributed by atoms with van der Waals surface area (Å²) in [7, 11) is 0. The fourth-order valence-electron chi connectivity index (χ4n) is 1.84. The zero-order valence-corrected chi connectivity index (χ0v) is 11.8. The molecule has 0 radical (unpaired) electrons. The van der Waals surface area contributed by atoms with Crippen molar-refractivity contribution < 1.29 is 4.74 Å². The molecule has 1 atom stereocenters. The Morgan fingerprint density at radius 3 is 2.70 bits per heavy atom. The van der Waals surface area contributed by atoms with Gasteiger partial charge in [-0.15, -0.1) is 0 Å². The van der Waals surface area contributed by atoms with Crippen LogP contribution in [0.25, 0.3) is 0 Å². The van der Waals surface area contributed by atoms with E-state index in [1.54, 1.807) is 0 Å². The summed E-state index contributed by atoms with van der Waals surface area (Å²) in [6.45, 7) is 4.69. The number of benzene rings is 1. The van der Waals surface area contributed by atoms with Gasteiger partial charge in [0.1, 0.15) is 12.0 Å². The largest absolute Gasteiger partial charge is 0.476 e. The second-order valence-electron chi connectivity index (χ2n) is 4.57. The number of nitrogen functional groups attached to an aromatic ring is 1. The second kappa shape index (κ2) is 6.75. The number of nitrogens with zero attached hydrogens (tertiary/aromatic N) is 2. The number of ether oxygens (including phenoxy) is 1. The van der Waals surface area contributed by atoms with Crippen LogP contribution in [0.5, 0.6) is 5.88 Å². The molecule has 0 saturated heterocycles. The number of aromatic nitrogens is 2. The Labute approximate surface area is 119 Å². The topological polar surface area (TPSA) is 73.1 Å². The summed E-state index contributed by atoms with van der Waals surface area (Å²) in [6.07, 6.45) is 2.37. The summed E-state index contributed by atoms with van der Waals surface area (Å²) in [6, 6.07) is 10.2. The van der Waals surface area contributed by atoms with Crippen LogP contribution in [0.2, 0.25) is 0 Å². The van der Waals surface area contributed by atoms with Gasteiger partial charge in [0.05, 0.1) is 12.6 Å². The Morgan fingerprint density at radius 1 is 1.25 bits per heavy atom. The molecule has 0 aliphatic rings. The first-order valence-corrected chi connectivity index (χ1v) is 6.77. The van der Waals surface area contributed by atoms with Crippen LogP contribution in [0, 0.1) is 0 Å². The molecule has 20 heavy (non-hydrogen) atoms. The van der Waals surface area contributed by atoms with Crippen molar-refractivity contribution in [3.05, 3.63) is 42.2 Å². The van der Waals surface area contributed by atoms with Gasteiger partial charge >= 0.3 is 0 Å². The molecule has 1 aromatic heterocycles. The predicted octanol–water partition coefficient (Wildman–Crippen LogP) is 3.02. The van der Waals surface area contributed by atoms with Gasteiger partial charge < -0.3 is 15.8 Å². The normalized spacial score (nSPS) is 11.9. The maximum absolute atomic E-state index is 6.04. The molecule has 1 aromatic carbocycles. The number of nitrogens with two attached hydrogens (primary N) is 1. The Morgan fingerprint density at radius 2 is 2.00 bits per heavy atom. The van der Waals surface area contributed by atoms with Crippen LogP contribution in [-0.2, 0) is 0 Å². The van der Waals surface area contributed by atoms with Gasteiger partial charge in [-0.2, -0.15) is 4.98 Å². The van der Waals surface area contributed by atoms with Crippen molar-refractivity contribution >= 4 is 11.5 Å². The van der Waals surface area contributed by atoms with E-state index in [0.29, 0.717) is 24.0 Å². The number of hydrogen-bond acceptors (Lipinski definition) is 5. The molecule has 0 aliphatic carbocycles. The van der Waals surface area contributed by atoms with Crippen molar-refractivity contribution in [2.24, 2.45) is 0 Å². The van der Waals surface area contributed by atoms with Gasteiger partial charge in [-0.25, -0.2) is 4.98 Å². The minimum absolute atomic E-state index is 0.104. The molecule has 1 unspecified atom stereocenters. The number of anilines is 2. The molecule has 2 aromatic rings. The van der Waals surface area contributed by atoms with Crippen molar-refractivity contribution in [2.45, 2.75) is 26.3 Å². The van der Waals surface area contributed by atoms with Gasteiger partial charge in [-0.05, 0) is 18.9 Å². The maximum atomic E-state index is 6.04. The van der Waals surface area contributed by atoms with Crippen molar-refractivity contribution in [2.75, 3.05) is 17.7 Å². The number of hydrogen-bond donors (Lipinski definition) is 2. The van der Waals surface area contributed by atoms with Crippen LogP contribution in [0.15, 0.2) is 36.7 Å². The van der Waals surface area contributed by atoms with E-state index in [0.717, 1.165) is 6.42 Å². The fourth-order valence-corrected chi connectivity index (χ4v) is 1.84. The van der Waals surface area contributed by atoms with Gasteiger partial charge in [-0.1, -0.05) is 37.3 Å². The molecule has 0 spiro atoms. The summed E-state index contributed by atoms with van der Waals surface area (Å²) in [5, 5.41) is 3.29. The van der Waals surface area contributed by atoms with Gasteiger partial charge in [0.2, 0.25) is 5.88 Å². The zero-order valence-electron chi connectivity index (χ0n) is 11.8. The minimum atomic E-state index is 0.104. The Kier molecular flexibility index (Phi) is 4.76. The van der Waals surface area contributed by atoms with Crippen LogP contribution < -0.4 is 15.8 Å². The monoisotopic (exact) mass is 272 g/mol. The van der Waals surface area contributed by atoms with Crippen LogP contribution in [0.1, 0.15) is 31.9 Å². The van der Waals surface area contributed by atoms with Crippen LogP contribution in [-0.4, -0.2) is 16.6 Å². The molecule has 2 rings (SSSR count). The number of rotatable bonds is 6. The smallest absolute Gasteiger partial charge is 0.242 e. The van der Waals surface area contributed by atoms with E-state index in [2.05, 4.69) is 34.3 Å². The Balaban J connectivity index is 2.13. The molecule has 5 heteroatoms. The lowest BCUT2D eigenvalue weighted by atomic mass is 10.1. The highest BCUT2D eigenvalue weighted by atomic mass is 16.5. The van der Waals surface area contributed by atoms with Gasteiger partial charge in [0.15, 0.2) is 5.82 Å². The Bertz CT molecular complexity index is 545. The molecule has 106 valence electrons. The van der Waals surface area contributed by atoms with Crippen molar-refractivity contribution in [1.29, 1.82) is 0 Å². The van der Waals surface area contributed by atoms with Crippen molar-refractivity contribution in [1.82, 2.24) is 9.97 Å². The van der Waals surface area contributed by atoms with Crippen LogP contribution >= 0.6 is 0 Å². The van der Waals surface area contributed by atoms with Gasteiger partial charge in [0, 0.05) is 0 Å².